The summed E-state index contributed by atoms with van der Waals surface area (Å²) in [4.78, 5) is 12.1. The molecule has 1 amide bonds. The molecule has 1 N–H and O–H groups in total. The van der Waals surface area contributed by atoms with E-state index in [1.807, 2.05) is 0 Å². The fraction of sp³-hybridized carbons (Fsp3) is 0.308. The quantitative estimate of drug-likeness (QED) is 0.770. The molecule has 124 valence electrons. The molecule has 0 unspecified atom stereocenters. The van der Waals surface area contributed by atoms with Gasteiger partial charge < -0.3 is 9.88 Å². The van der Waals surface area contributed by atoms with Crippen molar-refractivity contribution < 1.29 is 13.2 Å². The first kappa shape index (κ1) is 17.4. The monoisotopic (exact) mass is 355 g/mol. The van der Waals surface area contributed by atoms with Crippen LogP contribution in [0.15, 0.2) is 40.6 Å². The summed E-state index contributed by atoms with van der Waals surface area (Å²) in [5.74, 6) is -0.0224. The number of aromatic nitrogens is 3. The molecule has 0 radical (unpaired) electrons. The third-order valence-electron chi connectivity index (χ3n) is 2.92. The number of aryl methyl sites for hydroxylation is 1. The molecular formula is C13H17N5O3S2. The van der Waals surface area contributed by atoms with Gasteiger partial charge in [-0.2, -0.15) is 0 Å². The molecule has 0 aliphatic rings. The Morgan fingerprint density at radius 3 is 2.48 bits per heavy atom. The Kier molecular flexibility index (Phi) is 5.39. The molecule has 0 aliphatic heterocycles. The summed E-state index contributed by atoms with van der Waals surface area (Å²) in [6, 6.07) is 6.03. The number of anilines is 1. The first-order chi connectivity index (χ1) is 10.8. The Hall–Kier alpha value is -1.91. The first-order valence-corrected chi connectivity index (χ1v) is 9.02. The molecule has 23 heavy (non-hydrogen) atoms. The smallest absolute Gasteiger partial charge is 0.242 e. The van der Waals surface area contributed by atoms with Crippen molar-refractivity contribution in [1.82, 2.24) is 19.1 Å². The number of nitrogens with zero attached hydrogens (tertiary/aromatic N) is 4. The summed E-state index contributed by atoms with van der Waals surface area (Å²) >= 11 is 1.27. The molecule has 0 atom stereocenters. The van der Waals surface area contributed by atoms with Gasteiger partial charge in [0.1, 0.15) is 6.33 Å². The molecule has 2 rings (SSSR count). The minimum Gasteiger partial charge on any atom is -0.325 e. The minimum absolute atomic E-state index is 0.175. The van der Waals surface area contributed by atoms with Crippen molar-refractivity contribution in [3.05, 3.63) is 30.6 Å². The number of benzene rings is 1. The Bertz CT molecular complexity index is 784. The molecule has 10 heteroatoms. The summed E-state index contributed by atoms with van der Waals surface area (Å²) in [5.41, 5.74) is 0.534. The van der Waals surface area contributed by atoms with Gasteiger partial charge in [-0.1, -0.05) is 11.8 Å². The highest BCUT2D eigenvalue weighted by molar-refractivity contribution is 7.99. The van der Waals surface area contributed by atoms with E-state index in [4.69, 9.17) is 0 Å². The van der Waals surface area contributed by atoms with Crippen molar-refractivity contribution in [2.75, 3.05) is 25.2 Å². The highest BCUT2D eigenvalue weighted by Crippen LogP contribution is 2.18. The SMILES string of the molecule is CN(C)S(=O)(=O)c1ccc(NC(=O)CSc2nncn2C)cc1. The zero-order valence-electron chi connectivity index (χ0n) is 12.9. The van der Waals surface area contributed by atoms with Crippen LogP contribution in [-0.4, -0.2) is 53.2 Å². The van der Waals surface area contributed by atoms with Crippen molar-refractivity contribution in [3.8, 4) is 0 Å². The minimum atomic E-state index is -3.47. The van der Waals surface area contributed by atoms with E-state index in [2.05, 4.69) is 15.5 Å². The lowest BCUT2D eigenvalue weighted by Crippen LogP contribution is -2.22. The van der Waals surface area contributed by atoms with E-state index in [0.29, 0.717) is 10.8 Å². The Morgan fingerprint density at radius 2 is 1.96 bits per heavy atom. The van der Waals surface area contributed by atoms with Gasteiger partial charge in [0.15, 0.2) is 5.16 Å². The maximum absolute atomic E-state index is 12.0. The Morgan fingerprint density at radius 1 is 1.30 bits per heavy atom. The second kappa shape index (κ2) is 7.11. The van der Waals surface area contributed by atoms with Gasteiger partial charge in [-0.25, -0.2) is 12.7 Å². The Labute approximate surface area is 138 Å². The summed E-state index contributed by atoms with van der Waals surface area (Å²) in [6.45, 7) is 0. The van der Waals surface area contributed by atoms with Gasteiger partial charge in [0.25, 0.3) is 0 Å². The molecule has 1 aromatic carbocycles. The van der Waals surface area contributed by atoms with Crippen molar-refractivity contribution in [3.63, 3.8) is 0 Å². The van der Waals surface area contributed by atoms with E-state index in [9.17, 15) is 13.2 Å². The highest BCUT2D eigenvalue weighted by atomic mass is 32.2. The number of rotatable bonds is 6. The number of sulfonamides is 1. The van der Waals surface area contributed by atoms with Crippen LogP contribution < -0.4 is 5.32 Å². The summed E-state index contributed by atoms with van der Waals surface area (Å²) in [6.07, 6.45) is 1.56. The van der Waals surface area contributed by atoms with Gasteiger partial charge in [0.05, 0.1) is 10.6 Å². The fourth-order valence-electron chi connectivity index (χ4n) is 1.65. The van der Waals surface area contributed by atoms with E-state index in [1.54, 1.807) is 30.1 Å². The van der Waals surface area contributed by atoms with Gasteiger partial charge in [-0.05, 0) is 24.3 Å². The normalized spacial score (nSPS) is 11.7. The number of amides is 1. The number of carbonyl (C=O) groups excluding carboxylic acids is 1. The molecule has 0 spiro atoms. The zero-order valence-corrected chi connectivity index (χ0v) is 14.6. The first-order valence-electron chi connectivity index (χ1n) is 6.60. The molecule has 0 saturated carbocycles. The van der Waals surface area contributed by atoms with Crippen molar-refractivity contribution in [2.45, 2.75) is 10.1 Å². The van der Waals surface area contributed by atoms with Gasteiger partial charge >= 0.3 is 0 Å². The lowest BCUT2D eigenvalue weighted by molar-refractivity contribution is -0.113. The largest absolute Gasteiger partial charge is 0.325 e. The summed E-state index contributed by atoms with van der Waals surface area (Å²) < 4.78 is 26.8. The predicted molar refractivity (Wildman–Crippen MR) is 87.7 cm³/mol. The zero-order chi connectivity index (χ0) is 17.0. The third-order valence-corrected chi connectivity index (χ3v) is 5.78. The van der Waals surface area contributed by atoms with Crippen molar-refractivity contribution >= 4 is 33.4 Å². The maximum Gasteiger partial charge on any atom is 0.242 e. The molecule has 0 saturated heterocycles. The Balaban J connectivity index is 1.96. The van der Waals surface area contributed by atoms with E-state index in [1.165, 1.54) is 38.0 Å². The average Bonchev–Trinajstić information content (AvgIpc) is 2.91. The number of hydrogen-bond acceptors (Lipinski definition) is 6. The molecule has 0 bridgehead atoms. The van der Waals surface area contributed by atoms with Gasteiger partial charge in [-0.15, -0.1) is 10.2 Å². The molecule has 1 heterocycles. The lowest BCUT2D eigenvalue weighted by Gasteiger charge is -2.12. The van der Waals surface area contributed by atoms with Crippen LogP contribution >= 0.6 is 11.8 Å². The number of thioether (sulfide) groups is 1. The van der Waals surface area contributed by atoms with Gasteiger partial charge in [0.2, 0.25) is 15.9 Å². The van der Waals surface area contributed by atoms with Crippen LogP contribution in [0.1, 0.15) is 0 Å². The van der Waals surface area contributed by atoms with E-state index < -0.39 is 10.0 Å². The predicted octanol–water partition coefficient (Wildman–Crippen LogP) is 0.796. The van der Waals surface area contributed by atoms with Crippen molar-refractivity contribution in [2.24, 2.45) is 7.05 Å². The molecular weight excluding hydrogens is 338 g/mol. The molecule has 0 fully saturated rings. The fourth-order valence-corrected chi connectivity index (χ4v) is 3.24. The number of carbonyl (C=O) groups is 1. The topological polar surface area (TPSA) is 97.2 Å². The van der Waals surface area contributed by atoms with Crippen LogP contribution in [0.2, 0.25) is 0 Å². The van der Waals surface area contributed by atoms with E-state index in [0.717, 1.165) is 4.31 Å². The molecule has 0 aliphatic carbocycles. The standard InChI is InChI=1S/C13H17N5O3S2/c1-17(2)23(20,21)11-6-4-10(5-7-11)15-12(19)8-22-13-16-14-9-18(13)3/h4-7,9H,8H2,1-3H3,(H,15,19). The van der Waals surface area contributed by atoms with Gasteiger partial charge in [-0.3, -0.25) is 4.79 Å². The van der Waals surface area contributed by atoms with Crippen LogP contribution in [0.3, 0.4) is 0 Å². The van der Waals surface area contributed by atoms with Crippen LogP contribution in [0.4, 0.5) is 5.69 Å². The second-order valence-corrected chi connectivity index (χ2v) is 7.97. The highest BCUT2D eigenvalue weighted by Gasteiger charge is 2.16. The lowest BCUT2D eigenvalue weighted by atomic mass is 10.3. The van der Waals surface area contributed by atoms with Crippen LogP contribution in [-0.2, 0) is 21.9 Å². The average molecular weight is 355 g/mol. The van der Waals surface area contributed by atoms with E-state index >= 15 is 0 Å². The summed E-state index contributed by atoms with van der Waals surface area (Å²) in [5, 5.41) is 11.0. The van der Waals surface area contributed by atoms with Crippen LogP contribution in [0, 0.1) is 0 Å². The number of hydrogen-bond donors (Lipinski definition) is 1. The molecule has 8 nitrogen and oxygen atoms in total. The molecule has 2 aromatic rings. The van der Waals surface area contributed by atoms with E-state index in [-0.39, 0.29) is 16.6 Å². The third kappa shape index (κ3) is 4.30. The summed E-state index contributed by atoms with van der Waals surface area (Å²) in [7, 11) is 1.26. The second-order valence-electron chi connectivity index (χ2n) is 4.87. The maximum atomic E-state index is 12.0. The van der Waals surface area contributed by atoms with Gasteiger partial charge in [0, 0.05) is 26.8 Å². The van der Waals surface area contributed by atoms with Crippen LogP contribution in [0.5, 0.6) is 0 Å². The molecule has 1 aromatic heterocycles. The number of nitrogens with one attached hydrogen (secondary N) is 1. The van der Waals surface area contributed by atoms with Crippen molar-refractivity contribution in [1.29, 1.82) is 0 Å². The van der Waals surface area contributed by atoms with Crippen LogP contribution in [0.25, 0.3) is 0 Å².